The first-order chi connectivity index (χ1) is 6.26. The van der Waals surface area contributed by atoms with Crippen molar-refractivity contribution in [3.05, 3.63) is 24.0 Å². The largest absolute Gasteiger partial charge is 0.379 e. The second-order valence-electron chi connectivity index (χ2n) is 3.95. The Morgan fingerprint density at radius 3 is 2.85 bits per heavy atom. The molecule has 1 aliphatic carbocycles. The van der Waals surface area contributed by atoms with Gasteiger partial charge in [-0.15, -0.1) is 0 Å². The molecule has 0 spiro atoms. The first-order valence-electron chi connectivity index (χ1n) is 4.94. The van der Waals surface area contributed by atoms with E-state index in [4.69, 9.17) is 0 Å². The smallest absolute Gasteiger partial charge is 0.0405 e. The molecule has 13 heavy (non-hydrogen) atoms. The van der Waals surface area contributed by atoms with Crippen molar-refractivity contribution in [2.45, 2.75) is 38.6 Å². The summed E-state index contributed by atoms with van der Waals surface area (Å²) in [5, 5.41) is 3.61. The molecule has 1 aromatic heterocycles. The number of hydrogen-bond donors (Lipinski definition) is 1. The highest BCUT2D eigenvalue weighted by molar-refractivity contribution is 5.52. The fourth-order valence-corrected chi connectivity index (χ4v) is 1.62. The van der Waals surface area contributed by atoms with Gasteiger partial charge in [-0.1, -0.05) is 6.92 Å². The Hall–Kier alpha value is -1.05. The van der Waals surface area contributed by atoms with Crippen LogP contribution in [0.25, 0.3) is 0 Å². The van der Waals surface area contributed by atoms with Gasteiger partial charge in [0.15, 0.2) is 0 Å². The minimum Gasteiger partial charge on any atom is -0.379 e. The summed E-state index contributed by atoms with van der Waals surface area (Å²) in [6, 6.07) is 2.06. The average molecular weight is 176 g/mol. The van der Waals surface area contributed by atoms with Gasteiger partial charge in [-0.25, -0.2) is 0 Å². The maximum absolute atomic E-state index is 4.08. The number of rotatable bonds is 3. The number of hydrogen-bond acceptors (Lipinski definition) is 2. The van der Waals surface area contributed by atoms with E-state index in [1.807, 2.05) is 12.4 Å². The molecule has 1 saturated carbocycles. The highest BCUT2D eigenvalue weighted by Crippen LogP contribution is 2.41. The summed E-state index contributed by atoms with van der Waals surface area (Å²) < 4.78 is 0. The van der Waals surface area contributed by atoms with Crippen LogP contribution < -0.4 is 5.32 Å². The lowest BCUT2D eigenvalue weighted by atomic mass is 10.1. The molecule has 0 radical (unpaired) electrons. The second kappa shape index (κ2) is 3.02. The lowest BCUT2D eigenvalue weighted by molar-refractivity contribution is 0.701. The Kier molecular flexibility index (Phi) is 1.98. The lowest BCUT2D eigenvalue weighted by Crippen LogP contribution is -2.20. The van der Waals surface area contributed by atoms with Crippen molar-refractivity contribution in [1.82, 2.24) is 4.98 Å². The van der Waals surface area contributed by atoms with Crippen LogP contribution in [0.2, 0.25) is 0 Å². The van der Waals surface area contributed by atoms with E-state index >= 15 is 0 Å². The molecule has 0 aromatic carbocycles. The Bertz CT molecular complexity index is 303. The van der Waals surface area contributed by atoms with Crippen molar-refractivity contribution in [1.29, 1.82) is 0 Å². The molecule has 1 N–H and O–H groups in total. The zero-order chi connectivity index (χ0) is 9.31. The van der Waals surface area contributed by atoms with E-state index in [2.05, 4.69) is 30.2 Å². The van der Waals surface area contributed by atoms with E-state index in [1.54, 1.807) is 0 Å². The van der Waals surface area contributed by atoms with Crippen LogP contribution in [0.1, 0.15) is 31.7 Å². The number of anilines is 1. The zero-order valence-corrected chi connectivity index (χ0v) is 8.30. The summed E-state index contributed by atoms with van der Waals surface area (Å²) in [6.07, 6.45) is 7.60. The first-order valence-corrected chi connectivity index (χ1v) is 4.94. The molecule has 70 valence electrons. The molecule has 2 heteroatoms. The fourth-order valence-electron chi connectivity index (χ4n) is 1.62. The van der Waals surface area contributed by atoms with E-state index in [1.165, 1.54) is 30.5 Å². The van der Waals surface area contributed by atoms with Crippen molar-refractivity contribution in [3.63, 3.8) is 0 Å². The van der Waals surface area contributed by atoms with Crippen LogP contribution >= 0.6 is 0 Å². The van der Waals surface area contributed by atoms with Gasteiger partial charge in [0.2, 0.25) is 0 Å². The Labute approximate surface area is 79.4 Å². The van der Waals surface area contributed by atoms with E-state index in [-0.39, 0.29) is 0 Å². The van der Waals surface area contributed by atoms with E-state index in [0.29, 0.717) is 5.54 Å². The highest BCUT2D eigenvalue weighted by Gasteiger charge is 2.40. The topological polar surface area (TPSA) is 24.9 Å². The van der Waals surface area contributed by atoms with Gasteiger partial charge in [-0.3, -0.25) is 4.98 Å². The van der Waals surface area contributed by atoms with Gasteiger partial charge >= 0.3 is 0 Å². The Morgan fingerprint density at radius 2 is 2.31 bits per heavy atom. The molecule has 1 aromatic rings. The molecule has 0 atom stereocenters. The number of nitrogens with one attached hydrogen (secondary N) is 1. The van der Waals surface area contributed by atoms with E-state index in [0.717, 1.165) is 0 Å². The van der Waals surface area contributed by atoms with Crippen molar-refractivity contribution in [2.75, 3.05) is 5.32 Å². The van der Waals surface area contributed by atoms with Crippen LogP contribution in [0.5, 0.6) is 0 Å². The van der Waals surface area contributed by atoms with Crippen LogP contribution in [-0.4, -0.2) is 10.5 Å². The summed E-state index contributed by atoms with van der Waals surface area (Å²) in [5.74, 6) is 0. The number of aryl methyl sites for hydroxylation is 1. The summed E-state index contributed by atoms with van der Waals surface area (Å²) in [4.78, 5) is 4.08. The van der Waals surface area contributed by atoms with Crippen LogP contribution in [-0.2, 0) is 0 Å². The first kappa shape index (κ1) is 8.54. The molecular weight excluding hydrogens is 160 g/mol. The molecule has 0 unspecified atom stereocenters. The summed E-state index contributed by atoms with van der Waals surface area (Å²) >= 11 is 0. The van der Waals surface area contributed by atoms with Gasteiger partial charge in [0.25, 0.3) is 0 Å². The molecule has 2 rings (SSSR count). The second-order valence-corrected chi connectivity index (χ2v) is 3.95. The molecular formula is C11H16N2. The van der Waals surface area contributed by atoms with Crippen LogP contribution in [0.15, 0.2) is 18.5 Å². The normalized spacial score (nSPS) is 18.3. The number of nitrogens with zero attached hydrogens (tertiary/aromatic N) is 1. The van der Waals surface area contributed by atoms with Crippen molar-refractivity contribution < 1.29 is 0 Å². The van der Waals surface area contributed by atoms with Crippen molar-refractivity contribution >= 4 is 5.69 Å². The molecule has 0 aliphatic heterocycles. The number of aromatic nitrogens is 1. The number of pyridine rings is 1. The van der Waals surface area contributed by atoms with Crippen LogP contribution in [0.4, 0.5) is 5.69 Å². The van der Waals surface area contributed by atoms with Crippen LogP contribution in [0.3, 0.4) is 0 Å². The summed E-state index contributed by atoms with van der Waals surface area (Å²) in [7, 11) is 0. The molecule has 0 bridgehead atoms. The van der Waals surface area contributed by atoms with Gasteiger partial charge in [-0.2, -0.15) is 0 Å². The van der Waals surface area contributed by atoms with Crippen molar-refractivity contribution in [3.8, 4) is 0 Å². The fraction of sp³-hybridized carbons (Fsp3) is 0.545. The van der Waals surface area contributed by atoms with Gasteiger partial charge < -0.3 is 5.32 Å². The molecule has 0 amide bonds. The third-order valence-electron chi connectivity index (χ3n) is 2.95. The van der Waals surface area contributed by atoms with Crippen LogP contribution in [0, 0.1) is 6.92 Å². The zero-order valence-electron chi connectivity index (χ0n) is 8.30. The standard InChI is InChI=1S/C11H16N2/c1-3-11(5-6-11)13-10-4-7-12-8-9(10)2/h4,7-8H,3,5-6H2,1-2H3,(H,12,13). The molecule has 2 nitrogen and oxygen atoms in total. The maximum Gasteiger partial charge on any atom is 0.0405 e. The lowest BCUT2D eigenvalue weighted by Gasteiger charge is -2.17. The molecule has 1 fully saturated rings. The summed E-state index contributed by atoms with van der Waals surface area (Å²) in [5.41, 5.74) is 2.89. The maximum atomic E-state index is 4.08. The van der Waals surface area contributed by atoms with E-state index < -0.39 is 0 Å². The minimum atomic E-state index is 0.409. The predicted molar refractivity (Wildman–Crippen MR) is 54.9 cm³/mol. The van der Waals surface area contributed by atoms with Gasteiger partial charge in [0.05, 0.1) is 0 Å². The van der Waals surface area contributed by atoms with E-state index in [9.17, 15) is 0 Å². The predicted octanol–water partition coefficient (Wildman–Crippen LogP) is 2.74. The van der Waals surface area contributed by atoms with Crippen molar-refractivity contribution in [2.24, 2.45) is 0 Å². The molecule has 1 aliphatic rings. The molecule has 1 heterocycles. The quantitative estimate of drug-likeness (QED) is 0.766. The summed E-state index contributed by atoms with van der Waals surface area (Å²) in [6.45, 7) is 4.34. The van der Waals surface area contributed by atoms with Gasteiger partial charge in [0, 0.05) is 23.6 Å². The van der Waals surface area contributed by atoms with Gasteiger partial charge in [0.1, 0.15) is 0 Å². The third-order valence-corrected chi connectivity index (χ3v) is 2.95. The Morgan fingerprint density at radius 1 is 1.54 bits per heavy atom. The SMILES string of the molecule is CCC1(Nc2ccncc2C)CC1. The monoisotopic (exact) mass is 176 g/mol. The Balaban J connectivity index is 2.14. The van der Waals surface area contributed by atoms with Gasteiger partial charge in [-0.05, 0) is 37.8 Å². The third kappa shape index (κ3) is 1.67. The average Bonchev–Trinajstić information content (AvgIpc) is 2.90. The molecule has 0 saturated heterocycles. The highest BCUT2D eigenvalue weighted by atomic mass is 15.0. The minimum absolute atomic E-state index is 0.409.